The second-order valence-corrected chi connectivity index (χ2v) is 5.12. The van der Waals surface area contributed by atoms with Gasteiger partial charge in [0.25, 0.3) is 0 Å². The summed E-state index contributed by atoms with van der Waals surface area (Å²) in [6.45, 7) is 2.24. The molecule has 0 saturated carbocycles. The number of terminal acetylenes is 1. The highest BCUT2D eigenvalue weighted by Gasteiger charge is 2.11. The van der Waals surface area contributed by atoms with Crippen molar-refractivity contribution in [1.29, 1.82) is 0 Å². The van der Waals surface area contributed by atoms with Gasteiger partial charge in [-0.2, -0.15) is 0 Å². The van der Waals surface area contributed by atoms with Crippen LogP contribution in [0, 0.1) is 19.3 Å². The van der Waals surface area contributed by atoms with Gasteiger partial charge < -0.3 is 10.1 Å². The normalized spacial score (nSPS) is 11.3. The first kappa shape index (κ1) is 15.7. The zero-order valence-corrected chi connectivity index (χ0v) is 12.6. The summed E-state index contributed by atoms with van der Waals surface area (Å²) in [7, 11) is 0. The molecule has 0 bridgehead atoms. The summed E-state index contributed by atoms with van der Waals surface area (Å²) < 4.78 is 5.19. The third-order valence-corrected chi connectivity index (χ3v) is 3.27. The van der Waals surface area contributed by atoms with Crippen LogP contribution in [0.4, 0.5) is 4.79 Å². The fraction of sp³-hybridized carbons (Fsp3) is 0.211. The number of nitrogens with one attached hydrogen (secondary N) is 1. The Kier molecular flexibility index (Phi) is 5.62. The molecule has 0 radical (unpaired) electrons. The highest BCUT2D eigenvalue weighted by molar-refractivity contribution is 5.68. The molecule has 0 aliphatic rings. The molecule has 1 amide bonds. The lowest BCUT2D eigenvalue weighted by atomic mass is 10.1. The first-order valence-corrected chi connectivity index (χ1v) is 7.16. The van der Waals surface area contributed by atoms with Crippen molar-refractivity contribution in [3.63, 3.8) is 0 Å². The smallest absolute Gasteiger partial charge is 0.408 e. The Labute approximate surface area is 131 Å². The maximum Gasteiger partial charge on any atom is 0.408 e. The molecule has 0 unspecified atom stereocenters. The van der Waals surface area contributed by atoms with E-state index >= 15 is 0 Å². The quantitative estimate of drug-likeness (QED) is 0.857. The minimum atomic E-state index is -0.501. The maximum absolute atomic E-state index is 11.8. The van der Waals surface area contributed by atoms with Gasteiger partial charge in [-0.3, -0.25) is 0 Å². The predicted octanol–water partition coefficient (Wildman–Crippen LogP) is 3.47. The summed E-state index contributed by atoms with van der Waals surface area (Å²) in [6.07, 6.45) is 5.55. The molecule has 3 nitrogen and oxygen atoms in total. The molecular formula is C19H19NO2. The second kappa shape index (κ2) is 7.90. The van der Waals surface area contributed by atoms with E-state index in [-0.39, 0.29) is 12.6 Å². The molecule has 0 aliphatic carbocycles. The first-order chi connectivity index (χ1) is 10.7. The van der Waals surface area contributed by atoms with Gasteiger partial charge in [-0.15, -0.1) is 6.42 Å². The van der Waals surface area contributed by atoms with Crippen LogP contribution in [0.2, 0.25) is 0 Å². The highest BCUT2D eigenvalue weighted by Crippen LogP contribution is 2.06. The topological polar surface area (TPSA) is 38.3 Å². The van der Waals surface area contributed by atoms with Crippen molar-refractivity contribution >= 4 is 6.09 Å². The molecule has 2 rings (SSSR count). The van der Waals surface area contributed by atoms with Crippen molar-refractivity contribution in [3.8, 4) is 12.3 Å². The Hall–Kier alpha value is -2.73. The molecular weight excluding hydrogens is 274 g/mol. The Bertz CT molecular complexity index is 641. The van der Waals surface area contributed by atoms with E-state index < -0.39 is 6.09 Å². The fourth-order valence-electron chi connectivity index (χ4n) is 2.02. The number of aryl methyl sites for hydroxylation is 1. The number of rotatable bonds is 5. The zero-order chi connectivity index (χ0) is 15.8. The molecule has 0 aliphatic heterocycles. The number of hydrogen-bond acceptors (Lipinski definition) is 2. The molecule has 22 heavy (non-hydrogen) atoms. The minimum Gasteiger partial charge on any atom is -0.445 e. The Morgan fingerprint density at radius 3 is 2.45 bits per heavy atom. The molecule has 0 saturated heterocycles. The average molecular weight is 293 g/mol. The summed E-state index contributed by atoms with van der Waals surface area (Å²) >= 11 is 0. The van der Waals surface area contributed by atoms with E-state index in [0.29, 0.717) is 6.42 Å². The van der Waals surface area contributed by atoms with Crippen molar-refractivity contribution in [2.24, 2.45) is 0 Å². The van der Waals surface area contributed by atoms with Crippen LogP contribution in [-0.4, -0.2) is 12.1 Å². The number of carbonyl (C=O) groups excluding carboxylic acids is 1. The number of carbonyl (C=O) groups is 1. The highest BCUT2D eigenvalue weighted by atomic mass is 16.5. The molecule has 1 N–H and O–H groups in total. The number of benzene rings is 2. The van der Waals surface area contributed by atoms with Gasteiger partial charge in [0.1, 0.15) is 6.61 Å². The van der Waals surface area contributed by atoms with Gasteiger partial charge in [-0.05, 0) is 18.1 Å². The van der Waals surface area contributed by atoms with Gasteiger partial charge in [-0.25, -0.2) is 4.79 Å². The molecule has 2 aromatic carbocycles. The monoisotopic (exact) mass is 293 g/mol. The van der Waals surface area contributed by atoms with E-state index in [0.717, 1.165) is 11.1 Å². The molecule has 112 valence electrons. The van der Waals surface area contributed by atoms with Crippen molar-refractivity contribution in [2.75, 3.05) is 0 Å². The Balaban J connectivity index is 1.82. The van der Waals surface area contributed by atoms with Crippen LogP contribution < -0.4 is 5.32 Å². The fourth-order valence-corrected chi connectivity index (χ4v) is 2.02. The standard InChI is InChI=1S/C19H19NO2/c1-3-18(13-16-7-5-4-6-8-16)20-19(21)22-14-17-11-9-15(2)10-12-17/h1,4-12,18H,13-14H2,2H3,(H,20,21)/t18-/m1/s1. The van der Waals surface area contributed by atoms with Gasteiger partial charge in [0.2, 0.25) is 0 Å². The number of amides is 1. The summed E-state index contributed by atoms with van der Waals surface area (Å²) in [5, 5.41) is 2.70. The van der Waals surface area contributed by atoms with Crippen molar-refractivity contribution in [1.82, 2.24) is 5.32 Å². The molecule has 0 heterocycles. The molecule has 0 fully saturated rings. The molecule has 3 heteroatoms. The van der Waals surface area contributed by atoms with E-state index in [1.165, 1.54) is 5.56 Å². The first-order valence-electron chi connectivity index (χ1n) is 7.16. The molecule has 0 aromatic heterocycles. The van der Waals surface area contributed by atoms with Crippen LogP contribution in [0.3, 0.4) is 0 Å². The average Bonchev–Trinajstić information content (AvgIpc) is 2.54. The van der Waals surface area contributed by atoms with Crippen LogP contribution in [-0.2, 0) is 17.8 Å². The molecule has 1 atom stereocenters. The largest absolute Gasteiger partial charge is 0.445 e. The van der Waals surface area contributed by atoms with Crippen molar-refractivity contribution in [3.05, 3.63) is 71.3 Å². The lowest BCUT2D eigenvalue weighted by molar-refractivity contribution is 0.138. The minimum absolute atomic E-state index is 0.231. The third kappa shape index (κ3) is 4.99. The summed E-state index contributed by atoms with van der Waals surface area (Å²) in [6, 6.07) is 17.2. The van der Waals surface area contributed by atoms with Gasteiger partial charge in [0.05, 0.1) is 6.04 Å². The number of alkyl carbamates (subject to hydrolysis) is 1. The Morgan fingerprint density at radius 1 is 1.14 bits per heavy atom. The number of hydrogen-bond donors (Lipinski definition) is 1. The van der Waals surface area contributed by atoms with Gasteiger partial charge in [0, 0.05) is 6.42 Å². The number of ether oxygens (including phenoxy) is 1. The van der Waals surface area contributed by atoms with Crippen LogP contribution in [0.25, 0.3) is 0 Å². The van der Waals surface area contributed by atoms with Crippen LogP contribution >= 0.6 is 0 Å². The lowest BCUT2D eigenvalue weighted by Gasteiger charge is -2.13. The predicted molar refractivity (Wildman–Crippen MR) is 87.3 cm³/mol. The summed E-state index contributed by atoms with van der Waals surface area (Å²) in [4.78, 5) is 11.8. The second-order valence-electron chi connectivity index (χ2n) is 5.12. The van der Waals surface area contributed by atoms with Crippen LogP contribution in [0.15, 0.2) is 54.6 Å². The van der Waals surface area contributed by atoms with E-state index in [9.17, 15) is 4.79 Å². The van der Waals surface area contributed by atoms with Crippen LogP contribution in [0.1, 0.15) is 16.7 Å². The SMILES string of the molecule is C#C[C@H](Cc1ccccc1)NC(=O)OCc1ccc(C)cc1. The Morgan fingerprint density at radius 2 is 1.82 bits per heavy atom. The van der Waals surface area contributed by atoms with Gasteiger partial charge >= 0.3 is 6.09 Å². The van der Waals surface area contributed by atoms with E-state index in [1.54, 1.807) is 0 Å². The van der Waals surface area contributed by atoms with Gasteiger partial charge in [-0.1, -0.05) is 66.1 Å². The molecule has 2 aromatic rings. The van der Waals surface area contributed by atoms with Crippen molar-refractivity contribution in [2.45, 2.75) is 26.0 Å². The van der Waals surface area contributed by atoms with Gasteiger partial charge in [0.15, 0.2) is 0 Å². The third-order valence-electron chi connectivity index (χ3n) is 3.27. The lowest BCUT2D eigenvalue weighted by Crippen LogP contribution is -2.35. The van der Waals surface area contributed by atoms with E-state index in [2.05, 4.69) is 11.2 Å². The zero-order valence-electron chi connectivity index (χ0n) is 12.6. The summed E-state index contributed by atoms with van der Waals surface area (Å²) in [5.41, 5.74) is 3.19. The van der Waals surface area contributed by atoms with E-state index in [1.807, 2.05) is 61.5 Å². The van der Waals surface area contributed by atoms with E-state index in [4.69, 9.17) is 11.2 Å². The molecule has 0 spiro atoms. The maximum atomic E-state index is 11.8. The summed E-state index contributed by atoms with van der Waals surface area (Å²) in [5.74, 6) is 2.58. The van der Waals surface area contributed by atoms with Crippen LogP contribution in [0.5, 0.6) is 0 Å². The van der Waals surface area contributed by atoms with Crippen molar-refractivity contribution < 1.29 is 9.53 Å².